The highest BCUT2D eigenvalue weighted by atomic mass is 28.3. The average molecular weight is 682 g/mol. The molecular formula is C46H43N3OSi+2. The van der Waals surface area contributed by atoms with Gasteiger partial charge in [0.2, 0.25) is 5.69 Å². The first-order valence-corrected chi connectivity index (χ1v) is 21.7. The second-order valence-corrected chi connectivity index (χ2v) is 22.0. The molecule has 0 saturated carbocycles. The summed E-state index contributed by atoms with van der Waals surface area (Å²) >= 11 is 0. The topological polar surface area (TPSA) is 25.8 Å². The molecule has 8 aromatic rings. The van der Waals surface area contributed by atoms with Gasteiger partial charge in [-0.2, -0.15) is 4.57 Å². The Hall–Kier alpha value is -5.26. The molecule has 0 fully saturated rings. The minimum Gasteiger partial charge on any atom is -0.455 e. The first-order valence-electron chi connectivity index (χ1n) is 18.2. The van der Waals surface area contributed by atoms with E-state index < -0.39 is 13.7 Å². The van der Waals surface area contributed by atoms with Crippen molar-refractivity contribution in [1.82, 2.24) is 4.57 Å². The van der Waals surface area contributed by atoms with Gasteiger partial charge in [0.15, 0.2) is 22.8 Å². The summed E-state index contributed by atoms with van der Waals surface area (Å²) in [6.45, 7) is 16.8. The number of rotatable bonds is 3. The second-order valence-electron chi connectivity index (χ2n) is 17.0. The van der Waals surface area contributed by atoms with Crippen LogP contribution in [0.3, 0.4) is 0 Å². The third-order valence-electron chi connectivity index (χ3n) is 11.1. The van der Waals surface area contributed by atoms with E-state index in [1.54, 1.807) is 0 Å². The Labute approximate surface area is 300 Å². The number of nitrogens with zero attached hydrogens (tertiary/aromatic N) is 3. The normalized spacial score (nSPS) is 16.3. The highest BCUT2D eigenvalue weighted by molar-refractivity contribution is 6.89. The molecule has 1 atom stereocenters. The van der Waals surface area contributed by atoms with Crippen LogP contribution < -0.4 is 14.3 Å². The van der Waals surface area contributed by atoms with Gasteiger partial charge in [0.1, 0.15) is 16.8 Å². The summed E-state index contributed by atoms with van der Waals surface area (Å²) in [5, 5.41) is 3.82. The number of hydrogen-bond donors (Lipinski definition) is 0. The van der Waals surface area contributed by atoms with Gasteiger partial charge in [0.25, 0.3) is 0 Å². The Balaban J connectivity index is 1.46. The van der Waals surface area contributed by atoms with Crippen LogP contribution in [-0.2, 0) is 12.1 Å². The average Bonchev–Trinajstić information content (AvgIpc) is 3.80. The molecule has 4 nitrogen and oxygen atoms in total. The summed E-state index contributed by atoms with van der Waals surface area (Å²) in [5.74, 6) is 1.14. The van der Waals surface area contributed by atoms with Crippen LogP contribution in [0.1, 0.15) is 43.0 Å². The molecule has 2 aliphatic rings. The monoisotopic (exact) mass is 681 g/mol. The van der Waals surface area contributed by atoms with Crippen LogP contribution in [0.2, 0.25) is 19.6 Å². The highest BCUT2D eigenvalue weighted by Gasteiger charge is 2.67. The van der Waals surface area contributed by atoms with Crippen molar-refractivity contribution in [3.05, 3.63) is 144 Å². The molecule has 0 aliphatic carbocycles. The summed E-state index contributed by atoms with van der Waals surface area (Å²) in [7, 11) is -1.81. The number of fused-ring (bicyclic) bond motifs is 16. The number of aromatic nitrogens is 3. The smallest absolute Gasteiger partial charge is 0.364 e. The minimum atomic E-state index is -1.81. The lowest BCUT2D eigenvalue weighted by Gasteiger charge is -2.26. The Kier molecular flexibility index (Phi) is 6.09. The van der Waals surface area contributed by atoms with E-state index in [2.05, 4.69) is 182 Å². The lowest BCUT2D eigenvalue weighted by atomic mass is 9.87. The van der Waals surface area contributed by atoms with Crippen LogP contribution in [0.5, 0.6) is 0 Å². The zero-order valence-corrected chi connectivity index (χ0v) is 31.5. The van der Waals surface area contributed by atoms with Crippen LogP contribution in [0.4, 0.5) is 0 Å². The largest absolute Gasteiger partial charge is 0.455 e. The van der Waals surface area contributed by atoms with E-state index in [0.29, 0.717) is 0 Å². The summed E-state index contributed by atoms with van der Waals surface area (Å²) in [4.78, 5) is 0. The molecule has 1 unspecified atom stereocenters. The van der Waals surface area contributed by atoms with Gasteiger partial charge in [-0.05, 0) is 78.9 Å². The second kappa shape index (κ2) is 10.2. The van der Waals surface area contributed by atoms with Gasteiger partial charge in [0.05, 0.1) is 24.8 Å². The van der Waals surface area contributed by atoms with Gasteiger partial charge >= 0.3 is 11.5 Å². The first-order chi connectivity index (χ1) is 24.5. The van der Waals surface area contributed by atoms with Gasteiger partial charge in [-0.25, -0.2) is 0 Å². The molecule has 5 heterocycles. The number of benzene rings is 5. The quantitative estimate of drug-likeness (QED) is 0.135. The molecule has 0 bridgehead atoms. The lowest BCUT2D eigenvalue weighted by Crippen LogP contribution is -2.72. The van der Waals surface area contributed by atoms with Crippen LogP contribution in [0.15, 0.2) is 126 Å². The van der Waals surface area contributed by atoms with Gasteiger partial charge < -0.3 is 4.42 Å². The number of furan rings is 1. The molecule has 51 heavy (non-hydrogen) atoms. The van der Waals surface area contributed by atoms with Crippen LogP contribution >= 0.6 is 0 Å². The van der Waals surface area contributed by atoms with Crippen molar-refractivity contribution in [3.63, 3.8) is 0 Å². The van der Waals surface area contributed by atoms with Crippen LogP contribution in [0.25, 0.3) is 61.3 Å². The van der Waals surface area contributed by atoms with Gasteiger partial charge in [0, 0.05) is 22.0 Å². The standard InChI is InChI=1S/C46H43N3OSi/c1-29-21-22-34-36(25-29)46(47-28-41(51(5,6)7)30(26-39(34)47)27-45(2,3)4)35-24-23-33-32-17-11-14-20-40(32)50-43(33)42(35)44-48(31-15-9-8-10-16-31)37-18-12-13-19-38(37)49(44)46/h8-26,28H,27H2,1-7H3/q+2. The van der Waals surface area contributed by atoms with Gasteiger partial charge in [-0.15, -0.1) is 9.13 Å². The molecule has 0 amide bonds. The Bertz CT molecular complexity index is 2760. The van der Waals surface area contributed by atoms with Crippen molar-refractivity contribution in [1.29, 1.82) is 0 Å². The number of aryl methyl sites for hydroxylation is 1. The number of hydrogen-bond acceptors (Lipinski definition) is 1. The van der Waals surface area contributed by atoms with Gasteiger partial charge in [-0.3, -0.25) is 0 Å². The first kappa shape index (κ1) is 30.6. The minimum absolute atomic E-state index is 0.164. The third-order valence-corrected chi connectivity index (χ3v) is 13.2. The van der Waals surface area contributed by atoms with E-state index >= 15 is 0 Å². The molecule has 2 aliphatic heterocycles. The van der Waals surface area contributed by atoms with E-state index in [-0.39, 0.29) is 5.41 Å². The summed E-state index contributed by atoms with van der Waals surface area (Å²) in [5.41, 5.74) is 13.9. The van der Waals surface area contributed by atoms with Crippen LogP contribution in [0, 0.1) is 12.3 Å². The maximum Gasteiger partial charge on any atom is 0.364 e. The fourth-order valence-corrected chi connectivity index (χ4v) is 10.9. The molecular weight excluding hydrogens is 639 g/mol. The van der Waals surface area contributed by atoms with E-state index in [4.69, 9.17) is 4.42 Å². The van der Waals surface area contributed by atoms with Crippen molar-refractivity contribution in [2.24, 2.45) is 5.41 Å². The summed E-state index contributed by atoms with van der Waals surface area (Å²) < 4.78 is 14.7. The number of imidazole rings is 1. The van der Waals surface area contributed by atoms with E-state index in [1.165, 1.54) is 49.7 Å². The SMILES string of the molecule is Cc1ccc2c(c1)C1(c3ccc4c(oc5ccccc54)c3-c3n(-c4ccccc4)c4ccccc4[n+]31)[n+]1cc([Si](C)(C)C)c(CC(C)(C)C)cc1-2. The molecule has 250 valence electrons. The molecule has 1 spiro atoms. The third kappa shape index (κ3) is 4.07. The van der Waals surface area contributed by atoms with Crippen LogP contribution in [-0.4, -0.2) is 12.6 Å². The zero-order chi connectivity index (χ0) is 35.0. The molecule has 3 aromatic heterocycles. The van der Waals surface area contributed by atoms with Gasteiger partial charge in [-0.1, -0.05) is 101 Å². The van der Waals surface area contributed by atoms with Crippen molar-refractivity contribution < 1.29 is 13.6 Å². The van der Waals surface area contributed by atoms with Crippen molar-refractivity contribution in [3.8, 4) is 28.3 Å². The Morgan fingerprint density at radius 3 is 2.29 bits per heavy atom. The molecule has 0 saturated heterocycles. The van der Waals surface area contributed by atoms with E-state index in [9.17, 15) is 0 Å². The predicted octanol–water partition coefficient (Wildman–Crippen LogP) is 9.81. The number of pyridine rings is 1. The zero-order valence-electron chi connectivity index (χ0n) is 30.5. The van der Waals surface area contributed by atoms with Crippen molar-refractivity contribution in [2.75, 3.05) is 0 Å². The maximum absolute atomic E-state index is 6.96. The fraction of sp³-hybridized carbons (Fsp3) is 0.217. The van der Waals surface area contributed by atoms with Crippen molar-refractivity contribution >= 4 is 46.2 Å². The van der Waals surface area contributed by atoms with Crippen molar-refractivity contribution in [2.45, 2.75) is 59.4 Å². The molecule has 0 radical (unpaired) electrons. The molecule has 0 N–H and O–H groups in total. The molecule has 5 heteroatoms. The Morgan fingerprint density at radius 2 is 1.51 bits per heavy atom. The van der Waals surface area contributed by atoms with E-state index in [1.807, 2.05) is 0 Å². The Morgan fingerprint density at radius 1 is 0.765 bits per heavy atom. The summed E-state index contributed by atoms with van der Waals surface area (Å²) in [6, 6.07) is 42.6. The lowest BCUT2D eigenvalue weighted by molar-refractivity contribution is -0.944. The highest BCUT2D eigenvalue weighted by Crippen LogP contribution is 2.52. The predicted molar refractivity (Wildman–Crippen MR) is 211 cm³/mol. The molecule has 10 rings (SSSR count). The fourth-order valence-electron chi connectivity index (χ4n) is 9.25. The van der Waals surface area contributed by atoms with E-state index in [0.717, 1.165) is 45.4 Å². The molecule has 5 aromatic carbocycles. The maximum atomic E-state index is 6.96. The number of para-hydroxylation sites is 4. The summed E-state index contributed by atoms with van der Waals surface area (Å²) in [6.07, 6.45) is 3.61.